The van der Waals surface area contributed by atoms with Gasteiger partial charge in [-0.15, -0.1) is 0 Å². The van der Waals surface area contributed by atoms with Crippen molar-refractivity contribution < 1.29 is 0 Å². The van der Waals surface area contributed by atoms with E-state index in [0.717, 1.165) is 12.4 Å². The van der Waals surface area contributed by atoms with E-state index >= 15 is 0 Å². The van der Waals surface area contributed by atoms with Crippen LogP contribution in [-0.2, 0) is 6.54 Å². The van der Waals surface area contributed by atoms with E-state index in [1.807, 2.05) is 4.68 Å². The van der Waals surface area contributed by atoms with Crippen molar-refractivity contribution in [3.05, 3.63) is 48.2 Å². The topological polar surface area (TPSA) is 35.6 Å². The Bertz CT molecular complexity index is 706. The summed E-state index contributed by atoms with van der Waals surface area (Å²) in [7, 11) is 0. The van der Waals surface area contributed by atoms with Crippen LogP contribution < -0.4 is 0 Å². The molecule has 0 saturated carbocycles. The number of rotatable bonds is 3. The lowest BCUT2D eigenvalue weighted by molar-refractivity contribution is 0.498. The predicted octanol–water partition coefficient (Wildman–Crippen LogP) is 3.17. The number of aryl methyl sites for hydroxylation is 1. The second-order valence-corrected chi connectivity index (χ2v) is 5.22. The number of fused-ring (bicyclic) bond motifs is 1. The maximum Gasteiger partial charge on any atom is 0.147 e. The molecule has 98 valence electrons. The van der Waals surface area contributed by atoms with Gasteiger partial charge in [0.15, 0.2) is 0 Å². The summed E-state index contributed by atoms with van der Waals surface area (Å²) in [6.45, 7) is 7.11. The van der Waals surface area contributed by atoms with Gasteiger partial charge < -0.3 is 4.57 Å². The summed E-state index contributed by atoms with van der Waals surface area (Å²) in [5, 5.41) is 5.56. The molecule has 0 bridgehead atoms. The van der Waals surface area contributed by atoms with Gasteiger partial charge in [-0.3, -0.25) is 0 Å². The van der Waals surface area contributed by atoms with Crippen LogP contribution in [0.1, 0.15) is 31.3 Å². The second kappa shape index (κ2) is 4.53. The van der Waals surface area contributed by atoms with E-state index in [-0.39, 0.29) is 0 Å². The Balaban J connectivity index is 1.99. The third kappa shape index (κ3) is 2.14. The van der Waals surface area contributed by atoms with Crippen LogP contribution in [0.2, 0.25) is 0 Å². The number of nitrogens with zero attached hydrogens (tertiary/aromatic N) is 4. The number of aromatic nitrogens is 4. The van der Waals surface area contributed by atoms with E-state index in [0.29, 0.717) is 6.04 Å². The first-order valence-electron chi connectivity index (χ1n) is 6.59. The second-order valence-electron chi connectivity index (χ2n) is 5.22. The average molecular weight is 254 g/mol. The normalized spacial score (nSPS) is 11.6. The molecule has 0 aliphatic heterocycles. The van der Waals surface area contributed by atoms with Crippen LogP contribution in [0.25, 0.3) is 10.9 Å². The lowest BCUT2D eigenvalue weighted by Gasteiger charge is -2.10. The lowest BCUT2D eigenvalue weighted by Crippen LogP contribution is -2.11. The first kappa shape index (κ1) is 12.0. The Kier molecular flexibility index (Phi) is 2.85. The van der Waals surface area contributed by atoms with Crippen LogP contribution in [0, 0.1) is 6.92 Å². The highest BCUT2D eigenvalue weighted by Crippen LogP contribution is 2.18. The maximum absolute atomic E-state index is 4.37. The van der Waals surface area contributed by atoms with Gasteiger partial charge in [0.1, 0.15) is 12.2 Å². The van der Waals surface area contributed by atoms with Crippen molar-refractivity contribution in [2.45, 2.75) is 33.4 Å². The summed E-state index contributed by atoms with van der Waals surface area (Å²) in [4.78, 5) is 4.37. The highest BCUT2D eigenvalue weighted by atomic mass is 15.4. The van der Waals surface area contributed by atoms with Crippen LogP contribution in [0.5, 0.6) is 0 Å². The fraction of sp³-hybridized carbons (Fsp3) is 0.333. The molecule has 0 unspecified atom stereocenters. The van der Waals surface area contributed by atoms with Crippen molar-refractivity contribution in [3.63, 3.8) is 0 Å². The highest BCUT2D eigenvalue weighted by Gasteiger charge is 2.09. The zero-order valence-electron chi connectivity index (χ0n) is 11.5. The Morgan fingerprint density at radius 3 is 2.84 bits per heavy atom. The largest absolute Gasteiger partial charge is 0.340 e. The first-order valence-corrected chi connectivity index (χ1v) is 6.59. The van der Waals surface area contributed by atoms with E-state index < -0.39 is 0 Å². The molecule has 0 fully saturated rings. The maximum atomic E-state index is 4.37. The van der Waals surface area contributed by atoms with Gasteiger partial charge in [0.2, 0.25) is 0 Å². The standard InChI is InChI=1S/C15H18N4/c1-11(2)19-15(16-10-17-19)9-18-7-6-13-8-12(3)4-5-14(13)18/h4-8,10-11H,9H2,1-3H3. The third-order valence-electron chi connectivity index (χ3n) is 3.37. The van der Waals surface area contributed by atoms with Crippen molar-refractivity contribution in [2.75, 3.05) is 0 Å². The smallest absolute Gasteiger partial charge is 0.147 e. The fourth-order valence-corrected chi connectivity index (χ4v) is 2.43. The van der Waals surface area contributed by atoms with Crippen LogP contribution >= 0.6 is 0 Å². The Labute approximate surface area is 112 Å². The van der Waals surface area contributed by atoms with Gasteiger partial charge in [0.25, 0.3) is 0 Å². The summed E-state index contributed by atoms with van der Waals surface area (Å²) >= 11 is 0. The van der Waals surface area contributed by atoms with Gasteiger partial charge >= 0.3 is 0 Å². The van der Waals surface area contributed by atoms with Crippen LogP contribution in [0.15, 0.2) is 36.8 Å². The van der Waals surface area contributed by atoms with Gasteiger partial charge in [-0.2, -0.15) is 5.10 Å². The van der Waals surface area contributed by atoms with Crippen molar-refractivity contribution in [3.8, 4) is 0 Å². The fourth-order valence-electron chi connectivity index (χ4n) is 2.43. The molecular weight excluding hydrogens is 236 g/mol. The molecular formula is C15H18N4. The summed E-state index contributed by atoms with van der Waals surface area (Å²) < 4.78 is 4.19. The summed E-state index contributed by atoms with van der Waals surface area (Å²) in [5.41, 5.74) is 2.53. The monoisotopic (exact) mass is 254 g/mol. The molecule has 0 radical (unpaired) electrons. The Morgan fingerprint density at radius 2 is 2.05 bits per heavy atom. The van der Waals surface area contributed by atoms with E-state index in [9.17, 15) is 0 Å². The zero-order chi connectivity index (χ0) is 13.4. The molecule has 4 heteroatoms. The van der Waals surface area contributed by atoms with Crippen molar-refractivity contribution in [1.29, 1.82) is 0 Å². The molecule has 2 aromatic heterocycles. The Hall–Kier alpha value is -2.10. The minimum Gasteiger partial charge on any atom is -0.340 e. The zero-order valence-corrected chi connectivity index (χ0v) is 11.5. The van der Waals surface area contributed by atoms with E-state index in [1.165, 1.54) is 16.5 Å². The van der Waals surface area contributed by atoms with Crippen LogP contribution in [0.4, 0.5) is 0 Å². The van der Waals surface area contributed by atoms with Crippen molar-refractivity contribution >= 4 is 10.9 Å². The minimum atomic E-state index is 0.335. The van der Waals surface area contributed by atoms with Crippen LogP contribution in [0.3, 0.4) is 0 Å². The molecule has 0 spiro atoms. The number of hydrogen-bond acceptors (Lipinski definition) is 2. The third-order valence-corrected chi connectivity index (χ3v) is 3.37. The highest BCUT2D eigenvalue weighted by molar-refractivity contribution is 5.80. The summed E-state index contributed by atoms with van der Waals surface area (Å²) in [6, 6.07) is 9.01. The lowest BCUT2D eigenvalue weighted by atomic mass is 10.2. The van der Waals surface area contributed by atoms with Gasteiger partial charge in [0.05, 0.1) is 6.54 Å². The molecule has 0 amide bonds. The van der Waals surface area contributed by atoms with E-state index in [1.54, 1.807) is 6.33 Å². The SMILES string of the molecule is Cc1ccc2c(ccn2Cc2ncnn2C(C)C)c1. The summed E-state index contributed by atoms with van der Waals surface area (Å²) in [5.74, 6) is 0.994. The molecule has 4 nitrogen and oxygen atoms in total. The van der Waals surface area contributed by atoms with Crippen molar-refractivity contribution in [2.24, 2.45) is 0 Å². The van der Waals surface area contributed by atoms with Crippen LogP contribution in [-0.4, -0.2) is 19.3 Å². The minimum absolute atomic E-state index is 0.335. The molecule has 0 atom stereocenters. The molecule has 1 aromatic carbocycles. The quantitative estimate of drug-likeness (QED) is 0.719. The van der Waals surface area contributed by atoms with Gasteiger partial charge in [-0.25, -0.2) is 9.67 Å². The van der Waals surface area contributed by atoms with Gasteiger partial charge in [-0.1, -0.05) is 11.6 Å². The first-order chi connectivity index (χ1) is 9.15. The molecule has 3 rings (SSSR count). The molecule has 3 aromatic rings. The van der Waals surface area contributed by atoms with E-state index in [2.05, 4.69) is 65.9 Å². The molecule has 0 N–H and O–H groups in total. The molecule has 0 aliphatic rings. The molecule has 0 aliphatic carbocycles. The predicted molar refractivity (Wildman–Crippen MR) is 76.2 cm³/mol. The molecule has 19 heavy (non-hydrogen) atoms. The van der Waals surface area contributed by atoms with Gasteiger partial charge in [-0.05, 0) is 44.4 Å². The number of benzene rings is 1. The summed E-state index contributed by atoms with van der Waals surface area (Å²) in [6.07, 6.45) is 3.74. The van der Waals surface area contributed by atoms with Gasteiger partial charge in [0, 0.05) is 17.8 Å². The molecule has 0 saturated heterocycles. The average Bonchev–Trinajstić information content (AvgIpc) is 2.97. The van der Waals surface area contributed by atoms with E-state index in [4.69, 9.17) is 0 Å². The molecule has 2 heterocycles. The Morgan fingerprint density at radius 1 is 1.21 bits per heavy atom. The number of hydrogen-bond donors (Lipinski definition) is 0. The van der Waals surface area contributed by atoms with Crippen molar-refractivity contribution in [1.82, 2.24) is 19.3 Å².